The maximum absolute atomic E-state index is 10.4. The maximum Gasteiger partial charge on any atom is 0.149 e. The molecule has 0 radical (unpaired) electrons. The van der Waals surface area contributed by atoms with Crippen LogP contribution in [0.15, 0.2) is 60.7 Å². The number of aliphatic hydroxyl groups excluding tert-OH is 1. The predicted molar refractivity (Wildman–Crippen MR) is 148 cm³/mol. The van der Waals surface area contributed by atoms with Gasteiger partial charge in [-0.15, -0.1) is 0 Å². The van der Waals surface area contributed by atoms with Crippen molar-refractivity contribution in [1.82, 2.24) is 4.90 Å². The van der Waals surface area contributed by atoms with E-state index in [1.54, 1.807) is 14.2 Å². The van der Waals surface area contributed by atoms with E-state index in [1.807, 2.05) is 30.3 Å². The lowest BCUT2D eigenvalue weighted by Gasteiger charge is -2.32. The van der Waals surface area contributed by atoms with Gasteiger partial charge in [0, 0.05) is 13.1 Å². The van der Waals surface area contributed by atoms with E-state index in [0.29, 0.717) is 0 Å². The molecule has 1 N–H and O–H groups in total. The molecule has 1 heterocycles. The fraction of sp³-hybridized carbons (Fsp3) is 0.375. The summed E-state index contributed by atoms with van der Waals surface area (Å²) in [6.07, 6.45) is 5.56. The summed E-state index contributed by atoms with van der Waals surface area (Å²) >= 11 is 0. The van der Waals surface area contributed by atoms with Gasteiger partial charge in [0.2, 0.25) is 0 Å². The summed E-state index contributed by atoms with van der Waals surface area (Å²) < 4.78 is 17.4. The molecule has 0 aromatic heterocycles. The van der Waals surface area contributed by atoms with Gasteiger partial charge in [0.15, 0.2) is 0 Å². The minimum absolute atomic E-state index is 0.00562. The van der Waals surface area contributed by atoms with Crippen molar-refractivity contribution in [3.8, 4) is 17.2 Å². The summed E-state index contributed by atoms with van der Waals surface area (Å²) in [6, 6.07) is 20.7. The standard InChI is InChI=1S/C32H37NO4/c1-22(33-17-5-4-6-18-33)37-28-13-9-25(21-34)31(20-28)32-29(23-7-11-26(35-2)12-8-23)15-10-24-19-27(36-3)14-16-30(24)32/h7-9,11-14,16,19-20,22,34H,4-6,10,15,17-18,21H2,1-3H3. The number of nitrogens with zero attached hydrogens (tertiary/aromatic N) is 1. The molecular formula is C32H37NO4. The highest BCUT2D eigenvalue weighted by Gasteiger charge is 2.25. The SMILES string of the molecule is COc1ccc(C2=C(c3cc(OC(C)N4CCCCC4)ccc3CO)c3ccc(OC)cc3CC2)cc1. The lowest BCUT2D eigenvalue weighted by molar-refractivity contribution is 0.0262. The number of piperidine rings is 1. The number of allylic oxidation sites excluding steroid dienone is 1. The van der Waals surface area contributed by atoms with Crippen LogP contribution in [0.2, 0.25) is 0 Å². The van der Waals surface area contributed by atoms with Crippen LogP contribution < -0.4 is 14.2 Å². The van der Waals surface area contributed by atoms with Crippen LogP contribution in [-0.2, 0) is 13.0 Å². The average Bonchev–Trinajstić information content (AvgIpc) is 2.96. The molecule has 5 nitrogen and oxygen atoms in total. The predicted octanol–water partition coefficient (Wildman–Crippen LogP) is 6.31. The second kappa shape index (κ2) is 11.4. The van der Waals surface area contributed by atoms with Crippen molar-refractivity contribution in [2.75, 3.05) is 27.3 Å². The Morgan fingerprint density at radius 3 is 2.19 bits per heavy atom. The molecule has 1 atom stereocenters. The van der Waals surface area contributed by atoms with Gasteiger partial charge in [-0.1, -0.05) is 30.7 Å². The van der Waals surface area contributed by atoms with E-state index in [-0.39, 0.29) is 12.8 Å². The van der Waals surface area contributed by atoms with Crippen LogP contribution in [-0.4, -0.2) is 43.5 Å². The van der Waals surface area contributed by atoms with Gasteiger partial charge < -0.3 is 19.3 Å². The largest absolute Gasteiger partial charge is 0.497 e. The molecule has 37 heavy (non-hydrogen) atoms. The van der Waals surface area contributed by atoms with E-state index < -0.39 is 0 Å². The third-order valence-electron chi connectivity index (χ3n) is 7.70. The Hall–Kier alpha value is -3.28. The van der Waals surface area contributed by atoms with Gasteiger partial charge >= 0.3 is 0 Å². The summed E-state index contributed by atoms with van der Waals surface area (Å²) in [5.41, 5.74) is 7.90. The van der Waals surface area contributed by atoms with Gasteiger partial charge in [0.05, 0.1) is 20.8 Å². The minimum Gasteiger partial charge on any atom is -0.497 e. The molecule has 0 bridgehead atoms. The van der Waals surface area contributed by atoms with Crippen LogP contribution in [0.1, 0.15) is 60.4 Å². The molecule has 194 valence electrons. The van der Waals surface area contributed by atoms with E-state index in [2.05, 4.69) is 42.2 Å². The summed E-state index contributed by atoms with van der Waals surface area (Å²) in [5, 5.41) is 10.4. The van der Waals surface area contributed by atoms with Crippen LogP contribution in [0.25, 0.3) is 11.1 Å². The summed E-state index contributed by atoms with van der Waals surface area (Å²) in [4.78, 5) is 2.41. The molecule has 5 heteroatoms. The van der Waals surface area contributed by atoms with Crippen molar-refractivity contribution in [3.63, 3.8) is 0 Å². The molecular weight excluding hydrogens is 462 g/mol. The third kappa shape index (κ3) is 5.39. The van der Waals surface area contributed by atoms with Crippen molar-refractivity contribution in [2.24, 2.45) is 0 Å². The van der Waals surface area contributed by atoms with Crippen molar-refractivity contribution in [1.29, 1.82) is 0 Å². The summed E-state index contributed by atoms with van der Waals surface area (Å²) in [7, 11) is 3.39. The molecule has 0 spiro atoms. The first-order valence-corrected chi connectivity index (χ1v) is 13.3. The Balaban J connectivity index is 1.62. The van der Waals surface area contributed by atoms with Crippen molar-refractivity contribution in [2.45, 2.75) is 51.9 Å². The number of benzene rings is 3. The molecule has 3 aromatic rings. The first-order valence-electron chi connectivity index (χ1n) is 13.3. The molecule has 1 aliphatic carbocycles. The number of methoxy groups -OCH3 is 2. The minimum atomic E-state index is -0.0395. The number of hydrogen-bond donors (Lipinski definition) is 1. The quantitative estimate of drug-likeness (QED) is 0.394. The van der Waals surface area contributed by atoms with Gasteiger partial charge in [0.1, 0.15) is 23.5 Å². The molecule has 5 rings (SSSR count). The first-order chi connectivity index (χ1) is 18.1. The van der Waals surface area contributed by atoms with Crippen LogP contribution in [0.3, 0.4) is 0 Å². The van der Waals surface area contributed by atoms with Gasteiger partial charge in [-0.3, -0.25) is 4.90 Å². The van der Waals surface area contributed by atoms with Gasteiger partial charge in [-0.25, -0.2) is 0 Å². The highest BCUT2D eigenvalue weighted by Crippen LogP contribution is 2.44. The molecule has 1 fully saturated rings. The van der Waals surface area contributed by atoms with Crippen molar-refractivity contribution < 1.29 is 19.3 Å². The zero-order valence-electron chi connectivity index (χ0n) is 22.1. The number of fused-ring (bicyclic) bond motifs is 1. The van der Waals surface area contributed by atoms with Crippen LogP contribution in [0, 0.1) is 0 Å². The topological polar surface area (TPSA) is 51.2 Å². The number of aliphatic hydroxyl groups is 1. The first kappa shape index (κ1) is 25.4. The number of rotatable bonds is 8. The molecule has 1 unspecified atom stereocenters. The van der Waals surface area contributed by atoms with Gasteiger partial charge in [-0.2, -0.15) is 0 Å². The second-order valence-electron chi connectivity index (χ2n) is 9.90. The molecule has 1 saturated heterocycles. The highest BCUT2D eigenvalue weighted by atomic mass is 16.5. The average molecular weight is 500 g/mol. The number of likely N-dealkylation sites (tertiary alicyclic amines) is 1. The molecule has 1 aliphatic heterocycles. The fourth-order valence-corrected chi connectivity index (χ4v) is 5.64. The zero-order valence-corrected chi connectivity index (χ0v) is 22.1. The van der Waals surface area contributed by atoms with E-state index in [9.17, 15) is 5.11 Å². The second-order valence-corrected chi connectivity index (χ2v) is 9.90. The van der Waals surface area contributed by atoms with E-state index >= 15 is 0 Å². The van der Waals surface area contributed by atoms with Crippen molar-refractivity contribution >= 4 is 11.1 Å². The van der Waals surface area contributed by atoms with E-state index in [1.165, 1.54) is 36.0 Å². The smallest absolute Gasteiger partial charge is 0.149 e. The monoisotopic (exact) mass is 499 g/mol. The van der Waals surface area contributed by atoms with Crippen LogP contribution in [0.4, 0.5) is 0 Å². The molecule has 2 aliphatic rings. The maximum atomic E-state index is 10.4. The third-order valence-corrected chi connectivity index (χ3v) is 7.70. The van der Waals surface area contributed by atoms with Crippen LogP contribution >= 0.6 is 0 Å². The molecule has 0 saturated carbocycles. The van der Waals surface area contributed by atoms with Crippen LogP contribution in [0.5, 0.6) is 17.2 Å². The normalized spacial score (nSPS) is 16.8. The molecule has 3 aromatic carbocycles. The van der Waals surface area contributed by atoms with Crippen molar-refractivity contribution in [3.05, 3.63) is 88.5 Å². The fourth-order valence-electron chi connectivity index (χ4n) is 5.64. The van der Waals surface area contributed by atoms with Gasteiger partial charge in [-0.05, 0) is 108 Å². The lowest BCUT2D eigenvalue weighted by atomic mass is 9.78. The summed E-state index contributed by atoms with van der Waals surface area (Å²) in [5.74, 6) is 2.53. The van der Waals surface area contributed by atoms with E-state index in [0.717, 1.165) is 65.4 Å². The number of aryl methyl sites for hydroxylation is 1. The number of ether oxygens (including phenoxy) is 3. The Kier molecular flexibility index (Phi) is 7.82. The Bertz CT molecular complexity index is 1260. The van der Waals surface area contributed by atoms with E-state index in [4.69, 9.17) is 14.2 Å². The number of hydrogen-bond acceptors (Lipinski definition) is 5. The lowest BCUT2D eigenvalue weighted by Crippen LogP contribution is -2.40. The highest BCUT2D eigenvalue weighted by molar-refractivity contribution is 6.01. The van der Waals surface area contributed by atoms with Gasteiger partial charge in [0.25, 0.3) is 0 Å². The Morgan fingerprint density at radius 1 is 0.784 bits per heavy atom. The summed E-state index contributed by atoms with van der Waals surface area (Å²) in [6.45, 7) is 4.24. The molecule has 0 amide bonds. The Morgan fingerprint density at radius 2 is 1.49 bits per heavy atom. The zero-order chi connectivity index (χ0) is 25.8. The Labute approximate surface area is 220 Å².